The van der Waals surface area contributed by atoms with Crippen LogP contribution in [0, 0.1) is 6.92 Å². The predicted molar refractivity (Wildman–Crippen MR) is 114 cm³/mol. The van der Waals surface area contributed by atoms with Gasteiger partial charge in [0.05, 0.1) is 21.4 Å². The minimum atomic E-state index is 0.659. The first-order valence-corrected chi connectivity index (χ1v) is 10.6. The van der Waals surface area contributed by atoms with Crippen LogP contribution in [-0.4, -0.2) is 46.1 Å². The van der Waals surface area contributed by atoms with E-state index in [1.165, 1.54) is 5.69 Å². The lowest BCUT2D eigenvalue weighted by Crippen LogP contribution is -2.37. The Labute approximate surface area is 171 Å². The molecule has 0 radical (unpaired) electrons. The van der Waals surface area contributed by atoms with E-state index in [0.29, 0.717) is 5.02 Å². The summed E-state index contributed by atoms with van der Waals surface area (Å²) in [6.45, 7) is 6.86. The third kappa shape index (κ3) is 5.37. The molecule has 4 nitrogen and oxygen atoms in total. The molecule has 1 saturated heterocycles. The van der Waals surface area contributed by atoms with Crippen LogP contribution in [0.25, 0.3) is 0 Å². The second kappa shape index (κ2) is 8.77. The first kappa shape index (κ1) is 19.0. The Morgan fingerprint density at radius 1 is 1.36 bits per heavy atom. The van der Waals surface area contributed by atoms with Gasteiger partial charge < -0.3 is 10.2 Å². The van der Waals surface area contributed by atoms with Crippen LogP contribution in [0.2, 0.25) is 5.02 Å². The van der Waals surface area contributed by atoms with Gasteiger partial charge in [0, 0.05) is 42.6 Å². The lowest BCUT2D eigenvalue weighted by molar-refractivity contribution is 0.275. The molecule has 0 saturated carbocycles. The summed E-state index contributed by atoms with van der Waals surface area (Å²) in [5, 5.41) is 7.95. The van der Waals surface area contributed by atoms with E-state index in [0.717, 1.165) is 59.4 Å². The van der Waals surface area contributed by atoms with Gasteiger partial charge in [0.25, 0.3) is 0 Å². The Balaban J connectivity index is 1.55. The minimum Gasteiger partial charge on any atom is -0.348 e. The Morgan fingerprint density at radius 2 is 2.20 bits per heavy atom. The van der Waals surface area contributed by atoms with Gasteiger partial charge in [-0.05, 0) is 43.8 Å². The Bertz CT molecular complexity index is 752. The van der Waals surface area contributed by atoms with Gasteiger partial charge in [-0.3, -0.25) is 4.90 Å². The zero-order valence-electron chi connectivity index (χ0n) is 14.0. The Morgan fingerprint density at radius 3 is 2.92 bits per heavy atom. The molecule has 0 aliphatic carbocycles. The van der Waals surface area contributed by atoms with Crippen LogP contribution >= 0.6 is 51.1 Å². The normalized spacial score (nSPS) is 15.9. The van der Waals surface area contributed by atoms with Crippen molar-refractivity contribution < 1.29 is 0 Å². The fraction of sp³-hybridized carbons (Fsp3) is 0.412. The highest BCUT2D eigenvalue weighted by Crippen LogP contribution is 2.26. The highest BCUT2D eigenvalue weighted by atomic mass is 79.9. The van der Waals surface area contributed by atoms with Crippen LogP contribution in [0.3, 0.4) is 0 Å². The maximum absolute atomic E-state index is 6.28. The number of hydrogen-bond donors (Lipinski definition) is 1. The van der Waals surface area contributed by atoms with Crippen LogP contribution in [0.15, 0.2) is 28.1 Å². The maximum Gasteiger partial charge on any atom is 0.173 e. The van der Waals surface area contributed by atoms with E-state index in [9.17, 15) is 0 Å². The molecule has 2 aromatic rings. The molecule has 1 aliphatic heterocycles. The quantitative estimate of drug-likeness (QED) is 0.668. The number of anilines is 1. The Hall–Kier alpha value is -0.730. The third-order valence-corrected chi connectivity index (χ3v) is 6.09. The number of hydrogen-bond acceptors (Lipinski definition) is 4. The van der Waals surface area contributed by atoms with Gasteiger partial charge in [0.1, 0.15) is 0 Å². The van der Waals surface area contributed by atoms with Crippen molar-refractivity contribution in [3.05, 3.63) is 43.8 Å². The molecule has 8 heteroatoms. The number of benzene rings is 1. The number of nitrogens with one attached hydrogen (secondary N) is 1. The summed E-state index contributed by atoms with van der Waals surface area (Å²) in [5.74, 6) is 0. The van der Waals surface area contributed by atoms with Gasteiger partial charge in [-0.15, -0.1) is 11.3 Å². The summed E-state index contributed by atoms with van der Waals surface area (Å²) in [6.07, 6.45) is 1.08. The highest BCUT2D eigenvalue weighted by Gasteiger charge is 2.18. The average Bonchev–Trinajstić information content (AvgIpc) is 2.83. The zero-order chi connectivity index (χ0) is 17.8. The van der Waals surface area contributed by atoms with Crippen LogP contribution in [0.4, 0.5) is 5.69 Å². The van der Waals surface area contributed by atoms with Gasteiger partial charge in [0.15, 0.2) is 5.11 Å². The maximum atomic E-state index is 6.28. The third-order valence-electron chi connectivity index (χ3n) is 4.10. The smallest absolute Gasteiger partial charge is 0.173 e. The molecule has 1 fully saturated rings. The number of rotatable bonds is 3. The van der Waals surface area contributed by atoms with Crippen LogP contribution < -0.4 is 5.32 Å². The van der Waals surface area contributed by atoms with Gasteiger partial charge in [0.2, 0.25) is 0 Å². The van der Waals surface area contributed by atoms with Crippen molar-refractivity contribution in [2.75, 3.05) is 31.5 Å². The lowest BCUT2D eigenvalue weighted by Gasteiger charge is -2.25. The molecule has 0 amide bonds. The topological polar surface area (TPSA) is 31.4 Å². The molecular weight excluding hydrogens is 440 g/mol. The zero-order valence-corrected chi connectivity index (χ0v) is 17.9. The van der Waals surface area contributed by atoms with Crippen molar-refractivity contribution >= 4 is 61.9 Å². The second-order valence-electron chi connectivity index (χ2n) is 6.03. The monoisotopic (exact) mass is 458 g/mol. The molecule has 1 aliphatic rings. The summed E-state index contributed by atoms with van der Waals surface area (Å²) >= 11 is 17.0. The van der Waals surface area contributed by atoms with Crippen molar-refractivity contribution in [3.8, 4) is 0 Å². The van der Waals surface area contributed by atoms with Gasteiger partial charge in [-0.1, -0.05) is 27.5 Å². The first-order valence-electron chi connectivity index (χ1n) is 8.15. The van der Waals surface area contributed by atoms with Crippen molar-refractivity contribution in [2.45, 2.75) is 19.9 Å². The molecule has 3 rings (SSSR count). The van der Waals surface area contributed by atoms with Gasteiger partial charge in [-0.25, -0.2) is 4.98 Å². The van der Waals surface area contributed by atoms with Gasteiger partial charge >= 0.3 is 0 Å². The van der Waals surface area contributed by atoms with E-state index in [4.69, 9.17) is 23.8 Å². The van der Waals surface area contributed by atoms with Crippen LogP contribution in [0.5, 0.6) is 0 Å². The van der Waals surface area contributed by atoms with Crippen LogP contribution in [-0.2, 0) is 6.54 Å². The molecule has 1 aromatic heterocycles. The molecule has 2 heterocycles. The molecule has 0 unspecified atom stereocenters. The predicted octanol–water partition coefficient (Wildman–Crippen LogP) is 4.77. The molecule has 0 atom stereocenters. The molecular formula is C17H20BrClN4S2. The van der Waals surface area contributed by atoms with Crippen LogP contribution in [0.1, 0.15) is 17.1 Å². The summed E-state index contributed by atoms with van der Waals surface area (Å²) in [4.78, 5) is 9.24. The summed E-state index contributed by atoms with van der Waals surface area (Å²) in [6, 6.07) is 5.76. The molecule has 134 valence electrons. The number of aromatic nitrogens is 1. The summed E-state index contributed by atoms with van der Waals surface area (Å²) in [5.41, 5.74) is 2.01. The fourth-order valence-electron chi connectivity index (χ4n) is 2.83. The molecule has 1 aromatic carbocycles. The molecule has 0 spiro atoms. The number of thiazole rings is 1. The standard InChI is InChI=1S/C17H20BrClN4S2/c1-12-20-14(11-25-12)10-22-5-2-6-23(8-7-22)17(24)21-16-4-3-13(18)9-15(16)19/h3-4,9,11H,2,5-8,10H2,1H3,(H,21,24). The average molecular weight is 460 g/mol. The first-order chi connectivity index (χ1) is 12.0. The van der Waals surface area contributed by atoms with E-state index in [1.807, 2.05) is 18.2 Å². The largest absolute Gasteiger partial charge is 0.348 e. The minimum absolute atomic E-state index is 0.659. The van der Waals surface area contributed by atoms with Crippen molar-refractivity contribution in [1.82, 2.24) is 14.8 Å². The van der Waals surface area contributed by atoms with Crippen molar-refractivity contribution in [1.29, 1.82) is 0 Å². The molecule has 1 N–H and O–H groups in total. The molecule has 0 bridgehead atoms. The van der Waals surface area contributed by atoms with E-state index < -0.39 is 0 Å². The van der Waals surface area contributed by atoms with E-state index in [-0.39, 0.29) is 0 Å². The fourth-order valence-corrected chi connectivity index (χ4v) is 4.44. The second-order valence-corrected chi connectivity index (χ2v) is 8.80. The summed E-state index contributed by atoms with van der Waals surface area (Å²) < 4.78 is 0.955. The number of thiocarbonyl (C=S) groups is 1. The SMILES string of the molecule is Cc1nc(CN2CCCN(C(=S)Nc3ccc(Br)cc3Cl)CC2)cs1. The number of aryl methyl sites for hydroxylation is 1. The van der Waals surface area contributed by atoms with E-state index in [1.54, 1.807) is 11.3 Å². The highest BCUT2D eigenvalue weighted by molar-refractivity contribution is 9.10. The van der Waals surface area contributed by atoms with E-state index >= 15 is 0 Å². The summed E-state index contributed by atoms with van der Waals surface area (Å²) in [7, 11) is 0. The van der Waals surface area contributed by atoms with Crippen molar-refractivity contribution in [2.24, 2.45) is 0 Å². The number of halogens is 2. The van der Waals surface area contributed by atoms with Gasteiger partial charge in [-0.2, -0.15) is 0 Å². The molecule has 25 heavy (non-hydrogen) atoms. The van der Waals surface area contributed by atoms with Crippen molar-refractivity contribution in [3.63, 3.8) is 0 Å². The Kier molecular flexibility index (Phi) is 6.68. The lowest BCUT2D eigenvalue weighted by atomic mass is 10.3. The number of nitrogens with zero attached hydrogens (tertiary/aromatic N) is 3. The van der Waals surface area contributed by atoms with E-state index in [2.05, 4.69) is 48.3 Å².